The predicted molar refractivity (Wildman–Crippen MR) is 99.0 cm³/mol. The molecule has 2 rings (SSSR count). The molecule has 1 fully saturated rings. The van der Waals surface area contributed by atoms with E-state index < -0.39 is 5.54 Å². The maximum atomic E-state index is 11.8. The SMILES string of the molecule is CCCCCCCCc1ccc([C@H]2CCC(N)(C(=O)OC)C2)cc1. The van der Waals surface area contributed by atoms with Crippen molar-refractivity contribution in [2.45, 2.75) is 82.6 Å². The molecule has 1 aromatic rings. The van der Waals surface area contributed by atoms with Gasteiger partial charge in [-0.15, -0.1) is 0 Å². The van der Waals surface area contributed by atoms with E-state index in [9.17, 15) is 4.79 Å². The van der Waals surface area contributed by atoms with Crippen molar-refractivity contribution >= 4 is 5.97 Å². The van der Waals surface area contributed by atoms with Gasteiger partial charge < -0.3 is 10.5 Å². The second kappa shape index (κ2) is 9.22. The molecule has 0 aromatic heterocycles. The first kappa shape index (κ1) is 19.0. The van der Waals surface area contributed by atoms with Gasteiger partial charge in [0.1, 0.15) is 5.54 Å². The zero-order valence-electron chi connectivity index (χ0n) is 15.4. The van der Waals surface area contributed by atoms with Gasteiger partial charge in [-0.05, 0) is 49.1 Å². The van der Waals surface area contributed by atoms with Gasteiger partial charge in [-0.1, -0.05) is 63.3 Å². The second-order valence-electron chi connectivity index (χ2n) is 7.35. The quantitative estimate of drug-likeness (QED) is 0.526. The summed E-state index contributed by atoms with van der Waals surface area (Å²) in [6.07, 6.45) is 11.5. The first-order chi connectivity index (χ1) is 11.6. The van der Waals surface area contributed by atoms with Gasteiger partial charge in [0.15, 0.2) is 0 Å². The molecule has 0 aliphatic heterocycles. The number of hydrogen-bond donors (Lipinski definition) is 1. The number of methoxy groups -OCH3 is 1. The highest BCUT2D eigenvalue weighted by atomic mass is 16.5. The Kier molecular flexibility index (Phi) is 7.29. The molecule has 1 unspecified atom stereocenters. The van der Waals surface area contributed by atoms with Crippen LogP contribution in [0.2, 0.25) is 0 Å². The van der Waals surface area contributed by atoms with E-state index in [0.29, 0.717) is 18.8 Å². The van der Waals surface area contributed by atoms with Gasteiger partial charge in [0.2, 0.25) is 0 Å². The summed E-state index contributed by atoms with van der Waals surface area (Å²) in [5, 5.41) is 0. The Bertz CT molecular complexity index is 511. The molecule has 0 heterocycles. The van der Waals surface area contributed by atoms with Crippen molar-refractivity contribution in [3.8, 4) is 0 Å². The van der Waals surface area contributed by atoms with Crippen LogP contribution >= 0.6 is 0 Å². The van der Waals surface area contributed by atoms with Gasteiger partial charge in [-0.25, -0.2) is 0 Å². The molecule has 1 aromatic carbocycles. The zero-order valence-corrected chi connectivity index (χ0v) is 15.4. The van der Waals surface area contributed by atoms with Crippen LogP contribution in [0.5, 0.6) is 0 Å². The van der Waals surface area contributed by atoms with Crippen molar-refractivity contribution in [2.24, 2.45) is 5.73 Å². The Hall–Kier alpha value is -1.35. The van der Waals surface area contributed by atoms with Gasteiger partial charge in [0.25, 0.3) is 0 Å². The van der Waals surface area contributed by atoms with Crippen molar-refractivity contribution in [2.75, 3.05) is 7.11 Å². The molecule has 0 amide bonds. The molecule has 0 radical (unpaired) electrons. The van der Waals surface area contributed by atoms with Gasteiger partial charge >= 0.3 is 5.97 Å². The van der Waals surface area contributed by atoms with E-state index in [0.717, 1.165) is 6.42 Å². The van der Waals surface area contributed by atoms with Crippen LogP contribution in [0.3, 0.4) is 0 Å². The number of benzene rings is 1. The highest BCUT2D eigenvalue weighted by Gasteiger charge is 2.43. The van der Waals surface area contributed by atoms with E-state index in [-0.39, 0.29) is 5.97 Å². The third-order valence-electron chi connectivity index (χ3n) is 5.41. The average molecular weight is 332 g/mol. The van der Waals surface area contributed by atoms with Crippen molar-refractivity contribution in [3.63, 3.8) is 0 Å². The molecule has 2 N–H and O–H groups in total. The molecule has 24 heavy (non-hydrogen) atoms. The number of carbonyl (C=O) groups is 1. The number of nitrogens with two attached hydrogens (primary N) is 1. The van der Waals surface area contributed by atoms with Gasteiger partial charge in [0.05, 0.1) is 7.11 Å². The van der Waals surface area contributed by atoms with Crippen LogP contribution in [0.15, 0.2) is 24.3 Å². The Balaban J connectivity index is 1.79. The van der Waals surface area contributed by atoms with Crippen molar-refractivity contribution in [3.05, 3.63) is 35.4 Å². The monoisotopic (exact) mass is 331 g/mol. The number of rotatable bonds is 9. The molecule has 0 saturated heterocycles. The normalized spacial score (nSPS) is 23.4. The first-order valence-corrected chi connectivity index (χ1v) is 9.55. The lowest BCUT2D eigenvalue weighted by molar-refractivity contribution is -0.146. The maximum absolute atomic E-state index is 11.8. The van der Waals surface area contributed by atoms with Crippen molar-refractivity contribution in [1.82, 2.24) is 0 Å². The summed E-state index contributed by atoms with van der Waals surface area (Å²) in [4.78, 5) is 11.8. The van der Waals surface area contributed by atoms with Crippen LogP contribution in [0, 0.1) is 0 Å². The van der Waals surface area contributed by atoms with Crippen LogP contribution < -0.4 is 5.73 Å². The second-order valence-corrected chi connectivity index (χ2v) is 7.35. The van der Waals surface area contributed by atoms with Crippen LogP contribution in [-0.2, 0) is 16.0 Å². The lowest BCUT2D eigenvalue weighted by Gasteiger charge is -2.20. The minimum Gasteiger partial charge on any atom is -0.468 e. The Morgan fingerprint density at radius 2 is 1.83 bits per heavy atom. The van der Waals surface area contributed by atoms with Gasteiger partial charge in [-0.3, -0.25) is 4.79 Å². The van der Waals surface area contributed by atoms with E-state index in [1.807, 2.05) is 0 Å². The zero-order chi connectivity index (χ0) is 17.4. The molecule has 1 aliphatic rings. The van der Waals surface area contributed by atoms with Gasteiger partial charge in [-0.2, -0.15) is 0 Å². The number of esters is 1. The summed E-state index contributed by atoms with van der Waals surface area (Å²) in [5.74, 6) is 0.0990. The summed E-state index contributed by atoms with van der Waals surface area (Å²) in [6.45, 7) is 2.26. The third kappa shape index (κ3) is 5.07. The molecular formula is C21H33NO2. The topological polar surface area (TPSA) is 52.3 Å². The summed E-state index contributed by atoms with van der Waals surface area (Å²) < 4.78 is 4.86. The number of aryl methyl sites for hydroxylation is 1. The smallest absolute Gasteiger partial charge is 0.325 e. The Morgan fingerprint density at radius 1 is 1.17 bits per heavy atom. The summed E-state index contributed by atoms with van der Waals surface area (Å²) >= 11 is 0. The van der Waals surface area contributed by atoms with E-state index in [1.165, 1.54) is 63.2 Å². The highest BCUT2D eigenvalue weighted by Crippen LogP contribution is 2.40. The Labute approximate surface area is 147 Å². The van der Waals surface area contributed by atoms with E-state index in [1.54, 1.807) is 0 Å². The van der Waals surface area contributed by atoms with Gasteiger partial charge in [0, 0.05) is 0 Å². The molecule has 0 bridgehead atoms. The lowest BCUT2D eigenvalue weighted by Crippen LogP contribution is -2.46. The van der Waals surface area contributed by atoms with Crippen molar-refractivity contribution < 1.29 is 9.53 Å². The van der Waals surface area contributed by atoms with E-state index in [2.05, 4.69) is 31.2 Å². The molecule has 2 atom stereocenters. The molecular weight excluding hydrogens is 298 g/mol. The summed E-state index contributed by atoms with van der Waals surface area (Å²) in [6, 6.07) is 8.94. The molecule has 1 saturated carbocycles. The summed E-state index contributed by atoms with van der Waals surface area (Å²) in [5.41, 5.74) is 8.14. The first-order valence-electron chi connectivity index (χ1n) is 9.55. The minimum absolute atomic E-state index is 0.273. The number of carbonyl (C=O) groups excluding carboxylic acids is 1. The Morgan fingerprint density at radius 3 is 2.50 bits per heavy atom. The maximum Gasteiger partial charge on any atom is 0.325 e. The average Bonchev–Trinajstić information content (AvgIpc) is 3.01. The molecule has 0 spiro atoms. The summed E-state index contributed by atoms with van der Waals surface area (Å²) in [7, 11) is 1.42. The molecule has 1 aliphatic carbocycles. The third-order valence-corrected chi connectivity index (χ3v) is 5.41. The number of ether oxygens (including phenoxy) is 1. The minimum atomic E-state index is -0.795. The molecule has 134 valence electrons. The largest absolute Gasteiger partial charge is 0.468 e. The van der Waals surface area contributed by atoms with Crippen LogP contribution in [0.4, 0.5) is 0 Å². The number of hydrogen-bond acceptors (Lipinski definition) is 3. The lowest BCUT2D eigenvalue weighted by atomic mass is 9.92. The van der Waals surface area contributed by atoms with Crippen molar-refractivity contribution in [1.29, 1.82) is 0 Å². The highest BCUT2D eigenvalue weighted by molar-refractivity contribution is 5.81. The van der Waals surface area contributed by atoms with Crippen LogP contribution in [0.1, 0.15) is 81.8 Å². The standard InChI is InChI=1S/C21H33NO2/c1-3-4-5-6-7-8-9-17-10-12-18(13-11-17)19-14-15-21(22,16-19)20(23)24-2/h10-13,19H,3-9,14-16,22H2,1-2H3/t19-,21?/m0/s1. The van der Waals surface area contributed by atoms with Crippen LogP contribution in [0.25, 0.3) is 0 Å². The van der Waals surface area contributed by atoms with E-state index in [4.69, 9.17) is 10.5 Å². The fourth-order valence-electron chi connectivity index (χ4n) is 3.81. The molecule has 3 nitrogen and oxygen atoms in total. The van der Waals surface area contributed by atoms with Crippen LogP contribution in [-0.4, -0.2) is 18.6 Å². The molecule has 3 heteroatoms. The van der Waals surface area contributed by atoms with E-state index >= 15 is 0 Å². The fraction of sp³-hybridized carbons (Fsp3) is 0.667. The number of unbranched alkanes of at least 4 members (excludes halogenated alkanes) is 5. The predicted octanol–water partition coefficient (Wildman–Crippen LogP) is 4.73. The fourth-order valence-corrected chi connectivity index (χ4v) is 3.81.